The molecule has 0 amide bonds. The zero-order valence-electron chi connectivity index (χ0n) is 16.7. The number of nitrogens with one attached hydrogen (secondary N) is 1. The molecule has 1 aromatic carbocycles. The summed E-state index contributed by atoms with van der Waals surface area (Å²) in [6, 6.07) is 8.58. The van der Waals surface area contributed by atoms with Gasteiger partial charge in [-0.3, -0.25) is 4.18 Å². The van der Waals surface area contributed by atoms with Crippen LogP contribution in [0, 0.1) is 12.8 Å². The molecule has 0 saturated heterocycles. The molecule has 0 aliphatic heterocycles. The molecule has 0 bridgehead atoms. The van der Waals surface area contributed by atoms with Crippen molar-refractivity contribution in [3.8, 4) is 5.88 Å². The molecule has 1 heterocycles. The summed E-state index contributed by atoms with van der Waals surface area (Å²) < 4.78 is 32.6. The number of nitrogens with two attached hydrogens (primary N) is 1. The first-order valence-corrected chi connectivity index (χ1v) is 11.4. The van der Waals surface area contributed by atoms with Gasteiger partial charge in [0, 0.05) is 12.3 Å². The smallest absolute Gasteiger partial charge is 0.333 e. The van der Waals surface area contributed by atoms with Gasteiger partial charge in [0.15, 0.2) is 0 Å². The first-order valence-electron chi connectivity index (χ1n) is 9.98. The summed E-state index contributed by atoms with van der Waals surface area (Å²) in [5.74, 6) is 0.793. The van der Waals surface area contributed by atoms with Crippen molar-refractivity contribution < 1.29 is 22.4 Å². The number of anilines is 1. The van der Waals surface area contributed by atoms with Gasteiger partial charge in [-0.25, -0.2) is 15.1 Å². The number of hydrogen-bond acceptors (Lipinski definition) is 8. The minimum absolute atomic E-state index is 0.170. The third kappa shape index (κ3) is 4.72. The van der Waals surface area contributed by atoms with E-state index in [0.717, 1.165) is 18.4 Å². The van der Waals surface area contributed by atoms with E-state index in [0.29, 0.717) is 24.5 Å². The number of fused-ring (bicyclic) bond motifs is 1. The SMILES string of the molecule is Cc1c(N[C@H]2CCc3ccccc32)ncnc1O[C@@H]1C[C@@H](COS(N)(=O)=O)[C@@H](O)C1. The molecule has 2 aliphatic carbocycles. The Morgan fingerprint density at radius 3 is 2.87 bits per heavy atom. The molecule has 2 aromatic rings. The molecule has 10 heteroatoms. The second-order valence-corrected chi connectivity index (χ2v) is 9.12. The van der Waals surface area contributed by atoms with E-state index in [1.807, 2.05) is 13.0 Å². The fourth-order valence-corrected chi connectivity index (χ4v) is 4.60. The number of aliphatic hydroxyl groups is 1. The van der Waals surface area contributed by atoms with Gasteiger partial charge in [-0.05, 0) is 37.3 Å². The van der Waals surface area contributed by atoms with Crippen LogP contribution in [0.4, 0.5) is 5.82 Å². The van der Waals surface area contributed by atoms with Gasteiger partial charge in [0.05, 0.1) is 24.3 Å². The number of ether oxygens (including phenoxy) is 1. The van der Waals surface area contributed by atoms with Crippen LogP contribution in [0.1, 0.15) is 42.0 Å². The van der Waals surface area contributed by atoms with Crippen LogP contribution in [0.3, 0.4) is 0 Å². The zero-order valence-corrected chi connectivity index (χ0v) is 17.5. The van der Waals surface area contributed by atoms with Crippen molar-refractivity contribution in [3.63, 3.8) is 0 Å². The quantitative estimate of drug-likeness (QED) is 0.598. The molecule has 1 saturated carbocycles. The minimum Gasteiger partial charge on any atom is -0.474 e. The molecule has 2 aliphatic rings. The first kappa shape index (κ1) is 21.0. The fourth-order valence-electron chi connectivity index (χ4n) is 4.24. The van der Waals surface area contributed by atoms with E-state index in [9.17, 15) is 13.5 Å². The summed E-state index contributed by atoms with van der Waals surface area (Å²) in [6.07, 6.45) is 3.26. The molecule has 0 unspecified atom stereocenters. The van der Waals surface area contributed by atoms with E-state index in [-0.39, 0.29) is 24.7 Å². The average Bonchev–Trinajstić information content (AvgIpc) is 3.26. The van der Waals surface area contributed by atoms with Crippen molar-refractivity contribution in [1.29, 1.82) is 0 Å². The highest BCUT2D eigenvalue weighted by Gasteiger charge is 2.36. The topological polar surface area (TPSA) is 137 Å². The molecular weight excluding hydrogens is 408 g/mol. The molecule has 4 atom stereocenters. The van der Waals surface area contributed by atoms with E-state index in [1.54, 1.807) is 0 Å². The lowest BCUT2D eigenvalue weighted by Crippen LogP contribution is -2.24. The third-order valence-electron chi connectivity index (χ3n) is 5.82. The van der Waals surface area contributed by atoms with Crippen LogP contribution in [0.25, 0.3) is 0 Å². The maximum atomic E-state index is 11.0. The van der Waals surface area contributed by atoms with Crippen LogP contribution in [0.15, 0.2) is 30.6 Å². The third-order valence-corrected chi connectivity index (χ3v) is 6.29. The Balaban J connectivity index is 1.41. The van der Waals surface area contributed by atoms with Crippen molar-refractivity contribution in [1.82, 2.24) is 9.97 Å². The summed E-state index contributed by atoms with van der Waals surface area (Å²) in [6.45, 7) is 1.72. The highest BCUT2D eigenvalue weighted by Crippen LogP contribution is 2.36. The van der Waals surface area contributed by atoms with E-state index in [1.165, 1.54) is 17.5 Å². The second kappa shape index (κ2) is 8.46. The summed E-state index contributed by atoms with van der Waals surface area (Å²) >= 11 is 0. The largest absolute Gasteiger partial charge is 0.474 e. The first-order chi connectivity index (χ1) is 14.3. The van der Waals surface area contributed by atoms with Crippen molar-refractivity contribution in [2.75, 3.05) is 11.9 Å². The Hall–Kier alpha value is -2.27. The summed E-state index contributed by atoms with van der Waals surface area (Å²) in [5, 5.41) is 18.6. The van der Waals surface area contributed by atoms with Crippen molar-refractivity contribution in [2.45, 2.75) is 50.9 Å². The molecule has 162 valence electrons. The lowest BCUT2D eigenvalue weighted by atomic mass is 10.1. The van der Waals surface area contributed by atoms with E-state index < -0.39 is 16.4 Å². The Bertz CT molecular complexity index is 1020. The van der Waals surface area contributed by atoms with Crippen LogP contribution in [-0.2, 0) is 20.9 Å². The lowest BCUT2D eigenvalue weighted by molar-refractivity contribution is 0.0986. The molecule has 0 spiro atoms. The molecular formula is C20H26N4O5S. The van der Waals surface area contributed by atoms with Gasteiger partial charge >= 0.3 is 10.3 Å². The second-order valence-electron chi connectivity index (χ2n) is 7.90. The highest BCUT2D eigenvalue weighted by molar-refractivity contribution is 7.84. The van der Waals surface area contributed by atoms with Gasteiger partial charge in [0.2, 0.25) is 5.88 Å². The molecule has 30 heavy (non-hydrogen) atoms. The van der Waals surface area contributed by atoms with E-state index >= 15 is 0 Å². The van der Waals surface area contributed by atoms with Crippen molar-refractivity contribution >= 4 is 16.1 Å². The van der Waals surface area contributed by atoms with Crippen LogP contribution in [0.5, 0.6) is 5.88 Å². The number of aryl methyl sites for hydroxylation is 1. The number of nitrogens with zero attached hydrogens (tertiary/aromatic N) is 2. The van der Waals surface area contributed by atoms with E-state index in [2.05, 4.69) is 37.7 Å². The van der Waals surface area contributed by atoms with Crippen LogP contribution in [-0.4, -0.2) is 42.3 Å². The maximum absolute atomic E-state index is 11.0. The zero-order chi connectivity index (χ0) is 21.3. The van der Waals surface area contributed by atoms with Gasteiger partial charge in [-0.15, -0.1) is 0 Å². The Morgan fingerprint density at radius 2 is 2.07 bits per heavy atom. The van der Waals surface area contributed by atoms with Crippen molar-refractivity contribution in [2.24, 2.45) is 11.1 Å². The average molecular weight is 435 g/mol. The number of hydrogen-bond donors (Lipinski definition) is 3. The van der Waals surface area contributed by atoms with Gasteiger partial charge in [0.1, 0.15) is 18.2 Å². The maximum Gasteiger partial charge on any atom is 0.333 e. The molecule has 9 nitrogen and oxygen atoms in total. The molecule has 4 N–H and O–H groups in total. The van der Waals surface area contributed by atoms with Gasteiger partial charge in [-0.1, -0.05) is 24.3 Å². The van der Waals surface area contributed by atoms with E-state index in [4.69, 9.17) is 9.88 Å². The summed E-state index contributed by atoms with van der Waals surface area (Å²) in [4.78, 5) is 8.64. The number of aromatic nitrogens is 2. The Kier molecular flexibility index (Phi) is 5.92. The number of aliphatic hydroxyl groups excluding tert-OH is 1. The van der Waals surface area contributed by atoms with Gasteiger partial charge in [0.25, 0.3) is 0 Å². The van der Waals surface area contributed by atoms with Crippen LogP contribution < -0.4 is 15.2 Å². The normalized spacial score (nSPS) is 25.8. The summed E-state index contributed by atoms with van der Waals surface area (Å²) in [5.41, 5.74) is 3.43. The number of rotatable bonds is 7. The lowest BCUT2D eigenvalue weighted by Gasteiger charge is -2.19. The molecule has 1 fully saturated rings. The van der Waals surface area contributed by atoms with Crippen LogP contribution >= 0.6 is 0 Å². The molecule has 4 rings (SSSR count). The standard InChI is InChI=1S/C20H26N4O5S/c1-12-19(24-17-7-6-13-4-2-3-5-16(13)17)22-11-23-20(12)29-15-8-14(18(25)9-15)10-28-30(21,26)27/h2-5,11,14-15,17-18,25H,6-10H2,1H3,(H2,21,26,27)(H,22,23,24)/t14-,15+,17-,18-/m0/s1. The molecule has 1 aromatic heterocycles. The Morgan fingerprint density at radius 1 is 1.27 bits per heavy atom. The highest BCUT2D eigenvalue weighted by atomic mass is 32.2. The van der Waals surface area contributed by atoms with Gasteiger partial charge in [-0.2, -0.15) is 8.42 Å². The predicted octanol–water partition coefficient (Wildman–Crippen LogP) is 1.62. The van der Waals surface area contributed by atoms with Crippen LogP contribution in [0.2, 0.25) is 0 Å². The fraction of sp³-hybridized carbons (Fsp3) is 0.500. The number of benzene rings is 1. The monoisotopic (exact) mass is 434 g/mol. The Labute approximate surface area is 175 Å². The minimum atomic E-state index is -4.04. The molecule has 0 radical (unpaired) electrons. The van der Waals surface area contributed by atoms with Crippen molar-refractivity contribution in [3.05, 3.63) is 47.3 Å². The summed E-state index contributed by atoms with van der Waals surface area (Å²) in [7, 11) is -4.04. The predicted molar refractivity (Wildman–Crippen MR) is 110 cm³/mol. The van der Waals surface area contributed by atoms with Gasteiger partial charge < -0.3 is 15.2 Å².